The summed E-state index contributed by atoms with van der Waals surface area (Å²) in [5.74, 6) is -1.75. The van der Waals surface area contributed by atoms with Gasteiger partial charge in [-0.3, -0.25) is 24.0 Å². The summed E-state index contributed by atoms with van der Waals surface area (Å²) in [6.45, 7) is 11.0. The van der Waals surface area contributed by atoms with Gasteiger partial charge < -0.3 is 38.9 Å². The van der Waals surface area contributed by atoms with Gasteiger partial charge in [0.15, 0.2) is 0 Å². The van der Waals surface area contributed by atoms with Crippen molar-refractivity contribution < 1.29 is 52.1 Å². The molecule has 0 saturated carbocycles. The Morgan fingerprint density at radius 1 is 1.06 bits per heavy atom. The summed E-state index contributed by atoms with van der Waals surface area (Å²) >= 11 is 1.62. The first-order chi connectivity index (χ1) is 23.9. The van der Waals surface area contributed by atoms with Crippen LogP contribution in [0.5, 0.6) is 5.75 Å². The molecule has 3 aromatic rings. The molecule has 0 aliphatic carbocycles. The predicted octanol–water partition coefficient (Wildman–Crippen LogP) is 3.63. The molecule has 0 spiro atoms. The van der Waals surface area contributed by atoms with Crippen molar-refractivity contribution in [2.45, 2.75) is 64.5 Å². The van der Waals surface area contributed by atoms with Gasteiger partial charge in [-0.2, -0.15) is 0 Å². The van der Waals surface area contributed by atoms with Crippen LogP contribution in [0.15, 0.2) is 69.9 Å². The SMILES string of the molecule is CC.CC(=O)Oc1ccc2cc(C(=O)NCC(=O)NC3C(=O)N4CC(C)SC34)c(=O)oc2c1.CCOC(=O)OC(C)OC=O.c1ccccc1. The van der Waals surface area contributed by atoms with E-state index in [1.165, 1.54) is 38.1 Å². The lowest BCUT2D eigenvalue weighted by molar-refractivity contribution is -0.152. The molecular weight excluding hydrogens is 674 g/mol. The molecule has 3 amide bonds. The average molecular weight is 716 g/mol. The number of carbonyl (C=O) groups excluding carboxylic acids is 6. The van der Waals surface area contributed by atoms with E-state index in [4.69, 9.17) is 9.15 Å². The lowest BCUT2D eigenvalue weighted by atomic mass is 10.1. The Hall–Kier alpha value is -5.38. The van der Waals surface area contributed by atoms with Crippen molar-refractivity contribution in [2.24, 2.45) is 0 Å². The lowest BCUT2D eigenvalue weighted by Gasteiger charge is -2.41. The number of ether oxygens (including phenoxy) is 4. The molecule has 0 radical (unpaired) electrons. The normalized spacial score (nSPS) is 17.2. The minimum atomic E-state index is -0.897. The zero-order valence-electron chi connectivity index (χ0n) is 28.5. The minimum absolute atomic E-state index is 0.0773. The van der Waals surface area contributed by atoms with Crippen LogP contribution in [-0.4, -0.2) is 83.9 Å². The van der Waals surface area contributed by atoms with Crippen LogP contribution in [0.1, 0.15) is 51.9 Å². The lowest BCUT2D eigenvalue weighted by Crippen LogP contribution is -2.67. The molecule has 2 saturated heterocycles. The molecule has 5 rings (SSSR count). The van der Waals surface area contributed by atoms with E-state index in [0.717, 1.165) is 0 Å². The number of β-lactam (4-membered cyclic amide) rings is 1. The highest BCUT2D eigenvalue weighted by Gasteiger charge is 2.53. The predicted molar refractivity (Wildman–Crippen MR) is 183 cm³/mol. The number of nitrogens with one attached hydrogen (secondary N) is 2. The van der Waals surface area contributed by atoms with E-state index >= 15 is 0 Å². The highest BCUT2D eigenvalue weighted by molar-refractivity contribution is 8.00. The zero-order chi connectivity index (χ0) is 37.2. The van der Waals surface area contributed by atoms with Gasteiger partial charge in [0, 0.05) is 37.1 Å². The number of hydrogen-bond acceptors (Lipinski definition) is 13. The molecule has 2 N–H and O–H groups in total. The fourth-order valence-electron chi connectivity index (χ4n) is 4.30. The van der Waals surface area contributed by atoms with Crippen molar-refractivity contribution in [3.63, 3.8) is 0 Å². The van der Waals surface area contributed by atoms with Crippen LogP contribution < -0.4 is 21.0 Å². The summed E-state index contributed by atoms with van der Waals surface area (Å²) in [7, 11) is 0. The van der Waals surface area contributed by atoms with E-state index in [1.54, 1.807) is 23.6 Å². The maximum absolute atomic E-state index is 12.4. The largest absolute Gasteiger partial charge is 0.511 e. The molecule has 15 nitrogen and oxygen atoms in total. The first-order valence-electron chi connectivity index (χ1n) is 15.7. The second-order valence-corrected chi connectivity index (χ2v) is 11.6. The quantitative estimate of drug-likeness (QED) is 0.0815. The second-order valence-electron chi connectivity index (χ2n) is 10.1. The van der Waals surface area contributed by atoms with E-state index in [-0.39, 0.29) is 41.3 Å². The summed E-state index contributed by atoms with van der Waals surface area (Å²) in [5.41, 5.74) is -1.02. The van der Waals surface area contributed by atoms with Gasteiger partial charge >= 0.3 is 17.8 Å². The number of thioether (sulfide) groups is 1. The van der Waals surface area contributed by atoms with Gasteiger partial charge in [0.2, 0.25) is 18.1 Å². The number of fused-ring (bicyclic) bond motifs is 2. The molecule has 4 atom stereocenters. The van der Waals surface area contributed by atoms with Gasteiger partial charge in [0.05, 0.1) is 13.2 Å². The number of esters is 1. The smallest absolute Gasteiger partial charge is 0.435 e. The second kappa shape index (κ2) is 20.9. The van der Waals surface area contributed by atoms with E-state index in [1.807, 2.05) is 57.2 Å². The third-order valence-corrected chi connectivity index (χ3v) is 7.76. The molecule has 50 heavy (non-hydrogen) atoms. The number of benzene rings is 2. The summed E-state index contributed by atoms with van der Waals surface area (Å²) in [6, 6.07) is 17.1. The molecule has 2 aromatic carbocycles. The summed E-state index contributed by atoms with van der Waals surface area (Å²) in [6.07, 6.45) is -1.74. The van der Waals surface area contributed by atoms with Gasteiger partial charge in [-0.05, 0) is 25.1 Å². The Labute approximate surface area is 292 Å². The first kappa shape index (κ1) is 40.8. The maximum Gasteiger partial charge on any atom is 0.511 e. The van der Waals surface area contributed by atoms with Gasteiger partial charge in [0.25, 0.3) is 12.4 Å². The third kappa shape index (κ3) is 12.6. The van der Waals surface area contributed by atoms with Gasteiger partial charge in [-0.25, -0.2) is 9.59 Å². The van der Waals surface area contributed by atoms with Crippen molar-refractivity contribution >= 4 is 59.0 Å². The van der Waals surface area contributed by atoms with Gasteiger partial charge in [0.1, 0.15) is 28.3 Å². The Morgan fingerprint density at radius 3 is 2.28 bits per heavy atom. The monoisotopic (exact) mass is 715 g/mol. The summed E-state index contributed by atoms with van der Waals surface area (Å²) < 4.78 is 23.2. The van der Waals surface area contributed by atoms with E-state index < -0.39 is 48.4 Å². The maximum atomic E-state index is 12.4. The summed E-state index contributed by atoms with van der Waals surface area (Å²) in [5, 5.41) is 5.67. The van der Waals surface area contributed by atoms with Crippen molar-refractivity contribution in [3.8, 4) is 5.75 Å². The summed E-state index contributed by atoms with van der Waals surface area (Å²) in [4.78, 5) is 81.8. The topological polar surface area (TPSA) is 197 Å². The third-order valence-electron chi connectivity index (χ3n) is 6.34. The number of amides is 3. The molecule has 2 aliphatic rings. The Bertz CT molecular complexity index is 1640. The highest BCUT2D eigenvalue weighted by atomic mass is 32.2. The standard InChI is InChI=1S/C20H19N3O7S.C6H10O5.C6H6.C2H6/c1-9-8-23-18(27)16(19(23)31-9)22-15(25)7-21-17(26)13-5-11-3-4-12(29-10(2)24)6-14(11)30-20(13)28;1-3-9-6(8)11-5(2)10-4-7;1-2-4-6-5-3-1;1-2/h3-6,9,16,19H,7-8H2,1-2H3,(H,21,26)(H,22,25);4-5H,3H2,1-2H3;1-6H;1-2H3. The van der Waals surface area contributed by atoms with Crippen LogP contribution >= 0.6 is 11.8 Å². The van der Waals surface area contributed by atoms with E-state index in [9.17, 15) is 33.6 Å². The zero-order valence-corrected chi connectivity index (χ0v) is 29.4. The molecule has 16 heteroatoms. The van der Waals surface area contributed by atoms with Crippen LogP contribution in [0.25, 0.3) is 11.0 Å². The van der Waals surface area contributed by atoms with Crippen LogP contribution in [-0.2, 0) is 33.4 Å². The van der Waals surface area contributed by atoms with Gasteiger partial charge in [-0.1, -0.05) is 57.2 Å². The first-order valence-corrected chi connectivity index (χ1v) is 16.6. The molecule has 4 unspecified atom stereocenters. The number of nitrogens with zero attached hydrogens (tertiary/aromatic N) is 1. The van der Waals surface area contributed by atoms with Crippen molar-refractivity contribution in [1.29, 1.82) is 0 Å². The molecule has 3 heterocycles. The fourth-order valence-corrected chi connectivity index (χ4v) is 5.70. The molecular formula is C34H41N3O12S. The molecule has 2 fully saturated rings. The Balaban J connectivity index is 0.000000375. The molecule has 1 aromatic heterocycles. The molecule has 270 valence electrons. The highest BCUT2D eigenvalue weighted by Crippen LogP contribution is 2.39. The Kier molecular flexibility index (Phi) is 17.0. The fraction of sp³-hybridized carbons (Fsp3) is 0.382. The minimum Gasteiger partial charge on any atom is -0.435 e. The molecule has 0 bridgehead atoms. The van der Waals surface area contributed by atoms with Crippen molar-refractivity contribution in [1.82, 2.24) is 15.5 Å². The van der Waals surface area contributed by atoms with E-state index in [2.05, 4.69) is 24.8 Å². The van der Waals surface area contributed by atoms with Crippen LogP contribution in [0.4, 0.5) is 4.79 Å². The van der Waals surface area contributed by atoms with Crippen molar-refractivity contribution in [2.75, 3.05) is 19.7 Å². The van der Waals surface area contributed by atoms with Crippen LogP contribution in [0.3, 0.4) is 0 Å². The number of hydrogen-bond donors (Lipinski definition) is 2. The average Bonchev–Trinajstić information content (AvgIpc) is 3.45. The number of rotatable bonds is 9. The van der Waals surface area contributed by atoms with E-state index in [0.29, 0.717) is 17.2 Å². The molecule has 2 aliphatic heterocycles. The Morgan fingerprint density at radius 2 is 1.70 bits per heavy atom. The van der Waals surface area contributed by atoms with Crippen molar-refractivity contribution in [3.05, 3.63) is 76.6 Å². The van der Waals surface area contributed by atoms with Crippen LogP contribution in [0.2, 0.25) is 0 Å². The van der Waals surface area contributed by atoms with Crippen LogP contribution in [0, 0.1) is 0 Å². The number of carbonyl (C=O) groups is 6. The van der Waals surface area contributed by atoms with Gasteiger partial charge in [-0.15, -0.1) is 11.8 Å².